The van der Waals surface area contributed by atoms with Crippen molar-refractivity contribution in [2.24, 2.45) is 0 Å². The van der Waals surface area contributed by atoms with Crippen molar-refractivity contribution >= 4 is 17.6 Å². The van der Waals surface area contributed by atoms with Crippen molar-refractivity contribution in [1.29, 1.82) is 0 Å². The van der Waals surface area contributed by atoms with Gasteiger partial charge in [-0.25, -0.2) is 0 Å². The highest BCUT2D eigenvalue weighted by Crippen LogP contribution is 2.25. The summed E-state index contributed by atoms with van der Waals surface area (Å²) < 4.78 is 5.59. The molecule has 0 saturated heterocycles. The quantitative estimate of drug-likeness (QED) is 0.853. The molecule has 2 N–H and O–H groups in total. The minimum absolute atomic E-state index is 0.00793. The topological polar surface area (TPSA) is 63.0 Å². The Morgan fingerprint density at radius 1 is 1.20 bits per heavy atom. The second-order valence-corrected chi connectivity index (χ2v) is 5.02. The highest BCUT2D eigenvalue weighted by molar-refractivity contribution is 6.31. The summed E-state index contributed by atoms with van der Waals surface area (Å²) in [6, 6.07) is 8.12. The molecule has 1 aromatic carbocycles. The van der Waals surface area contributed by atoms with Crippen molar-refractivity contribution < 1.29 is 4.42 Å². The van der Waals surface area contributed by atoms with Crippen LogP contribution in [0.1, 0.15) is 44.3 Å². The van der Waals surface area contributed by atoms with Gasteiger partial charge in [-0.3, -0.25) is 0 Å². The Kier molecular flexibility index (Phi) is 4.98. The van der Waals surface area contributed by atoms with E-state index in [1.54, 1.807) is 0 Å². The van der Waals surface area contributed by atoms with Crippen LogP contribution >= 0.6 is 11.6 Å². The molecule has 0 fully saturated rings. The molecule has 20 heavy (non-hydrogen) atoms. The van der Waals surface area contributed by atoms with Crippen LogP contribution in [-0.4, -0.2) is 16.7 Å². The molecule has 1 heterocycles. The molecule has 0 aliphatic rings. The first-order valence-corrected chi connectivity index (χ1v) is 7.07. The predicted octanol–water partition coefficient (Wildman–Crippen LogP) is 3.57. The van der Waals surface area contributed by atoms with Gasteiger partial charge in [0.15, 0.2) is 0 Å². The molecule has 0 aliphatic carbocycles. The summed E-state index contributed by atoms with van der Waals surface area (Å²) in [4.78, 5) is 0. The van der Waals surface area contributed by atoms with Crippen LogP contribution in [0.3, 0.4) is 0 Å². The van der Waals surface area contributed by atoms with E-state index in [9.17, 15) is 0 Å². The number of benzene rings is 1. The monoisotopic (exact) mass is 294 g/mol. The number of nitrogens with one attached hydrogen (secondary N) is 2. The third kappa shape index (κ3) is 3.49. The van der Waals surface area contributed by atoms with Gasteiger partial charge in [-0.15, -0.1) is 5.10 Å². The first-order valence-electron chi connectivity index (χ1n) is 6.69. The third-order valence-electron chi connectivity index (χ3n) is 3.03. The zero-order chi connectivity index (χ0) is 14.5. The van der Waals surface area contributed by atoms with E-state index in [-0.39, 0.29) is 12.1 Å². The molecule has 2 aromatic rings. The van der Waals surface area contributed by atoms with E-state index in [0.717, 1.165) is 12.1 Å². The van der Waals surface area contributed by atoms with E-state index in [1.807, 2.05) is 45.0 Å². The van der Waals surface area contributed by atoms with E-state index in [4.69, 9.17) is 16.0 Å². The predicted molar refractivity (Wildman–Crippen MR) is 79.9 cm³/mol. The van der Waals surface area contributed by atoms with Gasteiger partial charge in [-0.2, -0.15) is 0 Å². The van der Waals surface area contributed by atoms with E-state index >= 15 is 0 Å². The number of nitrogens with zero attached hydrogens (tertiary/aromatic N) is 2. The van der Waals surface area contributed by atoms with Gasteiger partial charge in [-0.1, -0.05) is 41.8 Å². The van der Waals surface area contributed by atoms with Crippen LogP contribution < -0.4 is 10.6 Å². The maximum atomic E-state index is 6.17. The summed E-state index contributed by atoms with van der Waals surface area (Å²) in [5, 5.41) is 15.1. The fraction of sp³-hybridized carbons (Fsp3) is 0.429. The zero-order valence-corrected chi connectivity index (χ0v) is 12.6. The van der Waals surface area contributed by atoms with Gasteiger partial charge in [0.25, 0.3) is 0 Å². The second kappa shape index (κ2) is 6.72. The van der Waals surface area contributed by atoms with Gasteiger partial charge in [0, 0.05) is 5.02 Å². The third-order valence-corrected chi connectivity index (χ3v) is 3.38. The summed E-state index contributed by atoms with van der Waals surface area (Å²) in [5.74, 6) is 0.570. The Labute approximate surface area is 123 Å². The van der Waals surface area contributed by atoms with Crippen LogP contribution in [0.15, 0.2) is 28.7 Å². The minimum atomic E-state index is -0.00793. The highest BCUT2D eigenvalue weighted by atomic mass is 35.5. The molecular weight excluding hydrogens is 276 g/mol. The van der Waals surface area contributed by atoms with Crippen LogP contribution in [0.4, 0.5) is 6.01 Å². The van der Waals surface area contributed by atoms with Gasteiger partial charge >= 0.3 is 6.01 Å². The number of anilines is 1. The summed E-state index contributed by atoms with van der Waals surface area (Å²) in [7, 11) is 0. The average molecular weight is 295 g/mol. The fourth-order valence-corrected chi connectivity index (χ4v) is 2.25. The number of hydrogen-bond acceptors (Lipinski definition) is 5. The van der Waals surface area contributed by atoms with Crippen LogP contribution in [0.5, 0.6) is 0 Å². The van der Waals surface area contributed by atoms with Gasteiger partial charge in [-0.05, 0) is 32.0 Å². The van der Waals surface area contributed by atoms with Gasteiger partial charge in [0.2, 0.25) is 5.89 Å². The van der Waals surface area contributed by atoms with Crippen LogP contribution in [0.25, 0.3) is 0 Å². The fourth-order valence-electron chi connectivity index (χ4n) is 1.95. The van der Waals surface area contributed by atoms with Crippen molar-refractivity contribution in [3.05, 3.63) is 40.7 Å². The number of rotatable bonds is 6. The largest absolute Gasteiger partial charge is 0.406 e. The Morgan fingerprint density at radius 3 is 2.65 bits per heavy atom. The molecule has 1 aromatic heterocycles. The second-order valence-electron chi connectivity index (χ2n) is 4.61. The number of aromatic nitrogens is 2. The summed E-state index contributed by atoms with van der Waals surface area (Å²) in [5.41, 5.74) is 0.994. The van der Waals surface area contributed by atoms with E-state index < -0.39 is 0 Å². The Bertz CT molecular complexity index is 558. The molecule has 2 rings (SSSR count). The smallest absolute Gasteiger partial charge is 0.316 e. The van der Waals surface area contributed by atoms with Crippen molar-refractivity contribution in [1.82, 2.24) is 15.5 Å². The lowest BCUT2D eigenvalue weighted by molar-refractivity contribution is 0.427. The lowest BCUT2D eigenvalue weighted by Gasteiger charge is -2.13. The van der Waals surface area contributed by atoms with E-state index in [2.05, 4.69) is 20.8 Å². The average Bonchev–Trinajstić information content (AvgIpc) is 2.88. The highest BCUT2D eigenvalue weighted by Gasteiger charge is 2.15. The standard InChI is InChI=1S/C14H19ClN4O/c1-4-16-10(3)13-18-19-14(20-13)17-9(2)11-7-5-6-8-12(11)15/h5-10,16H,4H2,1-3H3,(H,17,19). The van der Waals surface area contributed by atoms with Crippen LogP contribution in [-0.2, 0) is 0 Å². The normalized spacial score (nSPS) is 14.0. The summed E-state index contributed by atoms with van der Waals surface area (Å²) in [6.07, 6.45) is 0. The van der Waals surface area contributed by atoms with Crippen molar-refractivity contribution in [2.45, 2.75) is 32.9 Å². The van der Waals surface area contributed by atoms with E-state index in [1.165, 1.54) is 0 Å². The molecule has 0 aliphatic heterocycles. The first kappa shape index (κ1) is 14.8. The van der Waals surface area contributed by atoms with Crippen LogP contribution in [0, 0.1) is 0 Å². The van der Waals surface area contributed by atoms with Crippen molar-refractivity contribution in [3.63, 3.8) is 0 Å². The number of halogens is 1. The van der Waals surface area contributed by atoms with Gasteiger partial charge in [0.1, 0.15) is 0 Å². The maximum absolute atomic E-state index is 6.17. The van der Waals surface area contributed by atoms with Gasteiger partial charge in [0.05, 0.1) is 12.1 Å². The van der Waals surface area contributed by atoms with E-state index in [0.29, 0.717) is 16.9 Å². The first-order chi connectivity index (χ1) is 9.61. The summed E-state index contributed by atoms with van der Waals surface area (Å²) >= 11 is 6.17. The molecule has 0 radical (unpaired) electrons. The Hall–Kier alpha value is -1.59. The molecule has 0 bridgehead atoms. The molecule has 6 heteroatoms. The summed E-state index contributed by atoms with van der Waals surface area (Å²) in [6.45, 7) is 6.87. The Balaban J connectivity index is 2.05. The minimum Gasteiger partial charge on any atom is -0.406 e. The van der Waals surface area contributed by atoms with Gasteiger partial charge < -0.3 is 15.1 Å². The van der Waals surface area contributed by atoms with Crippen LogP contribution in [0.2, 0.25) is 5.02 Å². The van der Waals surface area contributed by atoms with Crippen molar-refractivity contribution in [2.75, 3.05) is 11.9 Å². The maximum Gasteiger partial charge on any atom is 0.316 e. The molecule has 108 valence electrons. The molecule has 2 unspecified atom stereocenters. The molecule has 0 amide bonds. The lowest BCUT2D eigenvalue weighted by atomic mass is 10.1. The lowest BCUT2D eigenvalue weighted by Crippen LogP contribution is -2.17. The molecule has 0 saturated carbocycles. The molecular formula is C14H19ClN4O. The molecule has 2 atom stereocenters. The SMILES string of the molecule is CCNC(C)c1nnc(NC(C)c2ccccc2Cl)o1. The molecule has 5 nitrogen and oxygen atoms in total. The number of hydrogen-bond donors (Lipinski definition) is 2. The zero-order valence-electron chi connectivity index (χ0n) is 11.9. The Morgan fingerprint density at radius 2 is 1.95 bits per heavy atom. The molecule has 0 spiro atoms. The van der Waals surface area contributed by atoms with Crippen molar-refractivity contribution in [3.8, 4) is 0 Å².